The first-order valence-electron chi connectivity index (χ1n) is 9.54. The minimum absolute atomic E-state index is 0.0151. The number of anilines is 1. The number of amides is 1. The predicted molar refractivity (Wildman–Crippen MR) is 126 cm³/mol. The molecule has 1 aromatic heterocycles. The lowest BCUT2D eigenvalue weighted by Gasteiger charge is -2.05. The van der Waals surface area contributed by atoms with Gasteiger partial charge in [-0.15, -0.1) is 0 Å². The highest BCUT2D eigenvalue weighted by Crippen LogP contribution is 2.26. The van der Waals surface area contributed by atoms with Crippen LogP contribution in [0.4, 0.5) is 5.69 Å². The molecule has 1 amide bonds. The zero-order chi connectivity index (χ0) is 21.8. The van der Waals surface area contributed by atoms with E-state index >= 15 is 0 Å². The quantitative estimate of drug-likeness (QED) is 0.280. The number of nitrogens with zero attached hydrogens (tertiary/aromatic N) is 2. The number of benzene rings is 3. The highest BCUT2D eigenvalue weighted by molar-refractivity contribution is 6.35. The summed E-state index contributed by atoms with van der Waals surface area (Å²) < 4.78 is 2.11. The van der Waals surface area contributed by atoms with Gasteiger partial charge in [-0.25, -0.2) is 0 Å². The Morgan fingerprint density at radius 2 is 1.68 bits per heavy atom. The minimum atomic E-state index is -0.527. The van der Waals surface area contributed by atoms with E-state index < -0.39 is 5.91 Å². The predicted octanol–water partition coefficient (Wildman–Crippen LogP) is 6.54. The summed E-state index contributed by atoms with van der Waals surface area (Å²) in [7, 11) is 0. The van der Waals surface area contributed by atoms with Crippen molar-refractivity contribution in [3.8, 4) is 6.07 Å². The minimum Gasteiger partial charge on any atom is -0.342 e. The molecule has 152 valence electrons. The molecule has 0 aliphatic heterocycles. The molecule has 4 nitrogen and oxygen atoms in total. The highest BCUT2D eigenvalue weighted by atomic mass is 35.5. The molecule has 0 unspecified atom stereocenters. The number of hydrogen-bond acceptors (Lipinski definition) is 2. The van der Waals surface area contributed by atoms with Crippen LogP contribution in [0, 0.1) is 11.3 Å². The standard InChI is InChI=1S/C25H17Cl2N3O/c26-20-11-21(27)13-22(12-20)29-25(31)18(14-28)10-19-16-30(15-17-6-2-1-3-7-17)24-9-5-4-8-23(19)24/h1-13,16H,15H2,(H,29,31)/b18-10-. The summed E-state index contributed by atoms with van der Waals surface area (Å²) in [6, 6.07) is 24.7. The highest BCUT2D eigenvalue weighted by Gasteiger charge is 2.13. The fourth-order valence-corrected chi connectivity index (χ4v) is 3.96. The molecule has 1 heterocycles. The summed E-state index contributed by atoms with van der Waals surface area (Å²) in [5.41, 5.74) is 3.39. The molecule has 0 aliphatic rings. The zero-order valence-corrected chi connectivity index (χ0v) is 17.9. The second-order valence-electron chi connectivity index (χ2n) is 7.00. The molecule has 4 aromatic rings. The van der Waals surface area contributed by atoms with E-state index in [1.54, 1.807) is 24.3 Å². The van der Waals surface area contributed by atoms with Gasteiger partial charge in [0.25, 0.3) is 5.91 Å². The molecule has 1 N–H and O–H groups in total. The molecule has 0 radical (unpaired) electrons. The SMILES string of the molecule is N#C/C(=C/c1cn(Cc2ccccc2)c2ccccc12)C(=O)Nc1cc(Cl)cc(Cl)c1. The van der Waals surface area contributed by atoms with Crippen molar-refractivity contribution >= 4 is 51.8 Å². The van der Waals surface area contributed by atoms with Gasteiger partial charge in [0.1, 0.15) is 11.6 Å². The van der Waals surface area contributed by atoms with Crippen molar-refractivity contribution in [2.45, 2.75) is 6.54 Å². The Morgan fingerprint density at radius 3 is 2.39 bits per heavy atom. The third-order valence-corrected chi connectivity index (χ3v) is 5.24. The van der Waals surface area contributed by atoms with E-state index in [0.29, 0.717) is 22.3 Å². The van der Waals surface area contributed by atoms with Gasteiger partial charge in [-0.2, -0.15) is 5.26 Å². The van der Waals surface area contributed by atoms with Crippen molar-refractivity contribution in [3.05, 3.63) is 106 Å². The van der Waals surface area contributed by atoms with Crippen molar-refractivity contribution < 1.29 is 4.79 Å². The number of carbonyl (C=O) groups is 1. The van der Waals surface area contributed by atoms with E-state index in [2.05, 4.69) is 22.0 Å². The summed E-state index contributed by atoms with van der Waals surface area (Å²) in [6.07, 6.45) is 3.56. The van der Waals surface area contributed by atoms with Gasteiger partial charge in [-0.05, 0) is 35.9 Å². The van der Waals surface area contributed by atoms with Crippen molar-refractivity contribution in [1.29, 1.82) is 5.26 Å². The Hall–Kier alpha value is -3.52. The Bertz CT molecular complexity index is 1310. The Labute approximate surface area is 189 Å². The molecule has 6 heteroatoms. The second-order valence-corrected chi connectivity index (χ2v) is 7.87. The number of rotatable bonds is 5. The van der Waals surface area contributed by atoms with Crippen LogP contribution in [0.5, 0.6) is 0 Å². The number of nitrogens with one attached hydrogen (secondary N) is 1. The summed E-state index contributed by atoms with van der Waals surface area (Å²) in [5.74, 6) is -0.527. The number of halogens is 2. The van der Waals surface area contributed by atoms with Crippen LogP contribution in [0.25, 0.3) is 17.0 Å². The van der Waals surface area contributed by atoms with Crippen molar-refractivity contribution in [1.82, 2.24) is 4.57 Å². The first-order valence-corrected chi connectivity index (χ1v) is 10.3. The van der Waals surface area contributed by atoms with Gasteiger partial charge < -0.3 is 9.88 Å². The number of nitriles is 1. The lowest BCUT2D eigenvalue weighted by molar-refractivity contribution is -0.112. The van der Waals surface area contributed by atoms with Gasteiger partial charge in [0, 0.05) is 44.9 Å². The number of carbonyl (C=O) groups excluding carboxylic acids is 1. The summed E-state index contributed by atoms with van der Waals surface area (Å²) in [5, 5.41) is 14.1. The monoisotopic (exact) mass is 445 g/mol. The number of para-hydroxylation sites is 1. The maximum atomic E-state index is 12.7. The van der Waals surface area contributed by atoms with E-state index in [1.807, 2.05) is 54.7 Å². The van der Waals surface area contributed by atoms with Crippen LogP contribution in [0.15, 0.2) is 84.6 Å². The maximum absolute atomic E-state index is 12.7. The molecule has 0 bridgehead atoms. The second kappa shape index (κ2) is 9.09. The summed E-state index contributed by atoms with van der Waals surface area (Å²) in [6.45, 7) is 0.685. The maximum Gasteiger partial charge on any atom is 0.266 e. The van der Waals surface area contributed by atoms with E-state index in [9.17, 15) is 10.1 Å². The van der Waals surface area contributed by atoms with Gasteiger partial charge >= 0.3 is 0 Å². The van der Waals surface area contributed by atoms with Gasteiger partial charge in [-0.3, -0.25) is 4.79 Å². The molecule has 0 fully saturated rings. The molecule has 3 aromatic carbocycles. The Morgan fingerprint density at radius 1 is 1.00 bits per heavy atom. The van der Waals surface area contributed by atoms with Gasteiger partial charge in [-0.1, -0.05) is 71.7 Å². The molecule has 0 saturated carbocycles. The van der Waals surface area contributed by atoms with Crippen LogP contribution in [0.1, 0.15) is 11.1 Å². The molecular formula is C25H17Cl2N3O. The third-order valence-electron chi connectivity index (χ3n) is 4.80. The largest absolute Gasteiger partial charge is 0.342 e. The lowest BCUT2D eigenvalue weighted by Crippen LogP contribution is -2.13. The van der Waals surface area contributed by atoms with Crippen LogP contribution < -0.4 is 5.32 Å². The smallest absolute Gasteiger partial charge is 0.266 e. The molecule has 31 heavy (non-hydrogen) atoms. The van der Waals surface area contributed by atoms with Crippen LogP contribution in [-0.2, 0) is 11.3 Å². The van der Waals surface area contributed by atoms with Crippen molar-refractivity contribution in [3.63, 3.8) is 0 Å². The zero-order valence-electron chi connectivity index (χ0n) is 16.3. The number of hydrogen-bond donors (Lipinski definition) is 1. The topological polar surface area (TPSA) is 57.8 Å². The summed E-state index contributed by atoms with van der Waals surface area (Å²) >= 11 is 12.0. The van der Waals surface area contributed by atoms with Crippen LogP contribution >= 0.6 is 23.2 Å². The van der Waals surface area contributed by atoms with E-state index in [1.165, 1.54) is 0 Å². The number of fused-ring (bicyclic) bond motifs is 1. The van der Waals surface area contributed by atoms with Gasteiger partial charge in [0.05, 0.1) is 0 Å². The number of aromatic nitrogens is 1. The average molecular weight is 446 g/mol. The molecular weight excluding hydrogens is 429 g/mol. The van der Waals surface area contributed by atoms with Crippen LogP contribution in [-0.4, -0.2) is 10.5 Å². The molecule has 0 saturated heterocycles. The van der Waals surface area contributed by atoms with Crippen LogP contribution in [0.3, 0.4) is 0 Å². The molecule has 4 rings (SSSR count). The molecule has 0 atom stereocenters. The first-order chi connectivity index (χ1) is 15.0. The summed E-state index contributed by atoms with van der Waals surface area (Å²) in [4.78, 5) is 12.7. The molecule has 0 aliphatic carbocycles. The lowest BCUT2D eigenvalue weighted by atomic mass is 10.1. The molecule has 0 spiro atoms. The van der Waals surface area contributed by atoms with Crippen molar-refractivity contribution in [2.24, 2.45) is 0 Å². The average Bonchev–Trinajstić information content (AvgIpc) is 3.09. The Kier molecular flexibility index (Phi) is 6.08. The van der Waals surface area contributed by atoms with Crippen molar-refractivity contribution in [2.75, 3.05) is 5.32 Å². The van der Waals surface area contributed by atoms with E-state index in [-0.39, 0.29) is 5.57 Å². The van der Waals surface area contributed by atoms with Gasteiger partial charge in [0.2, 0.25) is 0 Å². The van der Waals surface area contributed by atoms with Gasteiger partial charge in [0.15, 0.2) is 0 Å². The van der Waals surface area contributed by atoms with Crippen LogP contribution in [0.2, 0.25) is 10.0 Å². The fraction of sp³-hybridized carbons (Fsp3) is 0.0400. The first kappa shape index (κ1) is 20.7. The Balaban J connectivity index is 1.68. The van der Waals surface area contributed by atoms with E-state index in [0.717, 1.165) is 22.0 Å². The third kappa shape index (κ3) is 4.80. The van der Waals surface area contributed by atoms with E-state index in [4.69, 9.17) is 23.2 Å². The normalized spacial score (nSPS) is 11.3. The fourth-order valence-electron chi connectivity index (χ4n) is 3.43.